The maximum absolute atomic E-state index is 12.3. The SMILES string of the molecule is CCNC(C)c1cccc(S(=O)(=O)NCCCC(C)C)c1. The predicted molar refractivity (Wildman–Crippen MR) is 87.8 cm³/mol. The molecular weight excluding hydrogens is 284 g/mol. The van der Waals surface area contributed by atoms with Crippen LogP contribution in [0.1, 0.15) is 52.1 Å². The van der Waals surface area contributed by atoms with Crippen molar-refractivity contribution in [3.8, 4) is 0 Å². The van der Waals surface area contributed by atoms with E-state index in [1.54, 1.807) is 18.2 Å². The lowest BCUT2D eigenvalue weighted by Crippen LogP contribution is -2.25. The third-order valence-electron chi connectivity index (χ3n) is 3.43. The van der Waals surface area contributed by atoms with Gasteiger partial charge in [0.1, 0.15) is 0 Å². The van der Waals surface area contributed by atoms with E-state index in [-0.39, 0.29) is 6.04 Å². The fourth-order valence-corrected chi connectivity index (χ4v) is 3.30. The van der Waals surface area contributed by atoms with Gasteiger partial charge in [0.25, 0.3) is 0 Å². The Hall–Kier alpha value is -0.910. The summed E-state index contributed by atoms with van der Waals surface area (Å²) in [6, 6.07) is 7.29. The lowest BCUT2D eigenvalue weighted by molar-refractivity contribution is 0.539. The summed E-state index contributed by atoms with van der Waals surface area (Å²) < 4.78 is 27.2. The van der Waals surface area contributed by atoms with E-state index in [9.17, 15) is 8.42 Å². The molecule has 1 rings (SSSR count). The molecule has 0 amide bonds. The number of benzene rings is 1. The highest BCUT2D eigenvalue weighted by Crippen LogP contribution is 2.17. The molecule has 21 heavy (non-hydrogen) atoms. The Kier molecular flexibility index (Phi) is 7.35. The van der Waals surface area contributed by atoms with Crippen LogP contribution in [0.5, 0.6) is 0 Å². The predicted octanol–water partition coefficient (Wildman–Crippen LogP) is 3.07. The summed E-state index contributed by atoms with van der Waals surface area (Å²) in [4.78, 5) is 0.342. The van der Waals surface area contributed by atoms with Gasteiger partial charge in [0.15, 0.2) is 0 Å². The zero-order valence-electron chi connectivity index (χ0n) is 13.5. The van der Waals surface area contributed by atoms with E-state index in [0.717, 1.165) is 24.9 Å². The molecule has 0 fully saturated rings. The van der Waals surface area contributed by atoms with Gasteiger partial charge in [-0.15, -0.1) is 0 Å². The summed E-state index contributed by atoms with van der Waals surface area (Å²) in [5, 5.41) is 3.29. The van der Waals surface area contributed by atoms with Crippen molar-refractivity contribution in [2.45, 2.75) is 51.5 Å². The normalized spacial score (nSPS) is 13.6. The first-order chi connectivity index (χ1) is 9.86. The van der Waals surface area contributed by atoms with Crippen LogP contribution >= 0.6 is 0 Å². The summed E-state index contributed by atoms with van der Waals surface area (Å²) in [6.45, 7) is 9.69. The van der Waals surface area contributed by atoms with Gasteiger partial charge in [-0.25, -0.2) is 13.1 Å². The second-order valence-corrected chi connectivity index (χ2v) is 7.55. The number of sulfonamides is 1. The first-order valence-corrected chi connectivity index (χ1v) is 9.18. The molecule has 1 unspecified atom stereocenters. The van der Waals surface area contributed by atoms with E-state index in [0.29, 0.717) is 17.4 Å². The van der Waals surface area contributed by atoms with Crippen molar-refractivity contribution in [2.24, 2.45) is 5.92 Å². The smallest absolute Gasteiger partial charge is 0.240 e. The highest BCUT2D eigenvalue weighted by molar-refractivity contribution is 7.89. The molecule has 0 radical (unpaired) electrons. The average molecular weight is 312 g/mol. The van der Waals surface area contributed by atoms with Gasteiger partial charge in [-0.3, -0.25) is 0 Å². The molecule has 0 heterocycles. The van der Waals surface area contributed by atoms with Gasteiger partial charge < -0.3 is 5.32 Å². The molecule has 1 aromatic rings. The van der Waals surface area contributed by atoms with Crippen molar-refractivity contribution in [3.05, 3.63) is 29.8 Å². The zero-order valence-corrected chi connectivity index (χ0v) is 14.3. The van der Waals surface area contributed by atoms with Crippen molar-refractivity contribution in [1.29, 1.82) is 0 Å². The quantitative estimate of drug-likeness (QED) is 0.689. The van der Waals surface area contributed by atoms with Gasteiger partial charge in [0.2, 0.25) is 10.0 Å². The summed E-state index contributed by atoms with van der Waals surface area (Å²) in [6.07, 6.45) is 1.89. The molecule has 0 aromatic heterocycles. The fourth-order valence-electron chi connectivity index (χ4n) is 2.18. The van der Waals surface area contributed by atoms with Crippen LogP contribution in [0.25, 0.3) is 0 Å². The van der Waals surface area contributed by atoms with Crippen molar-refractivity contribution in [3.63, 3.8) is 0 Å². The molecule has 0 saturated heterocycles. The van der Waals surface area contributed by atoms with Crippen LogP contribution in [0.4, 0.5) is 0 Å². The number of rotatable bonds is 9. The minimum absolute atomic E-state index is 0.145. The molecule has 4 nitrogen and oxygen atoms in total. The molecule has 1 atom stereocenters. The minimum Gasteiger partial charge on any atom is -0.310 e. The summed E-state index contributed by atoms with van der Waals surface area (Å²) in [5.41, 5.74) is 0.988. The molecule has 0 saturated carbocycles. The van der Waals surface area contributed by atoms with Gasteiger partial charge in [-0.1, -0.05) is 32.9 Å². The fraction of sp³-hybridized carbons (Fsp3) is 0.625. The highest BCUT2D eigenvalue weighted by atomic mass is 32.2. The summed E-state index contributed by atoms with van der Waals surface area (Å²) >= 11 is 0. The third kappa shape index (κ3) is 6.16. The number of hydrogen-bond donors (Lipinski definition) is 2. The summed E-state index contributed by atoms with van der Waals surface area (Å²) in [7, 11) is -3.41. The van der Waals surface area contributed by atoms with Crippen molar-refractivity contribution >= 4 is 10.0 Å². The van der Waals surface area contributed by atoms with Crippen LogP contribution in [0, 0.1) is 5.92 Å². The monoisotopic (exact) mass is 312 g/mol. The Morgan fingerprint density at radius 2 is 1.90 bits per heavy atom. The van der Waals surface area contributed by atoms with E-state index >= 15 is 0 Å². The van der Waals surface area contributed by atoms with Crippen LogP contribution in [0.3, 0.4) is 0 Å². The first-order valence-electron chi connectivity index (χ1n) is 7.69. The van der Waals surface area contributed by atoms with E-state index in [4.69, 9.17) is 0 Å². The Bertz CT molecular complexity index is 527. The average Bonchev–Trinajstić information content (AvgIpc) is 2.44. The van der Waals surface area contributed by atoms with Crippen LogP contribution in [0.2, 0.25) is 0 Å². The van der Waals surface area contributed by atoms with Crippen molar-refractivity contribution < 1.29 is 8.42 Å². The molecule has 1 aromatic carbocycles. The molecule has 2 N–H and O–H groups in total. The summed E-state index contributed by atoms with van der Waals surface area (Å²) in [5.74, 6) is 0.596. The van der Waals surface area contributed by atoms with E-state index in [2.05, 4.69) is 23.9 Å². The Balaban J connectivity index is 2.72. The zero-order chi connectivity index (χ0) is 15.9. The standard InChI is InChI=1S/C16H28N2O2S/c1-5-17-14(4)15-9-6-10-16(12-15)21(19,20)18-11-7-8-13(2)3/h6,9-10,12-14,17-18H,5,7-8,11H2,1-4H3. The third-order valence-corrected chi connectivity index (χ3v) is 4.89. The molecule has 0 aliphatic carbocycles. The lowest BCUT2D eigenvalue weighted by atomic mass is 10.1. The van der Waals surface area contributed by atoms with Gasteiger partial charge in [0.05, 0.1) is 4.90 Å². The first kappa shape index (κ1) is 18.1. The lowest BCUT2D eigenvalue weighted by Gasteiger charge is -2.14. The van der Waals surface area contributed by atoms with Gasteiger partial charge >= 0.3 is 0 Å². The topological polar surface area (TPSA) is 58.2 Å². The van der Waals surface area contributed by atoms with Crippen molar-refractivity contribution in [1.82, 2.24) is 10.0 Å². The molecule has 0 aliphatic rings. The molecule has 0 bridgehead atoms. The van der Waals surface area contributed by atoms with Gasteiger partial charge in [-0.2, -0.15) is 0 Å². The maximum Gasteiger partial charge on any atom is 0.240 e. The Morgan fingerprint density at radius 1 is 1.19 bits per heavy atom. The van der Waals surface area contributed by atoms with Gasteiger partial charge in [-0.05, 0) is 49.9 Å². The van der Waals surface area contributed by atoms with Crippen molar-refractivity contribution in [2.75, 3.05) is 13.1 Å². The van der Waals surface area contributed by atoms with Crippen LogP contribution in [-0.4, -0.2) is 21.5 Å². The van der Waals surface area contributed by atoms with Gasteiger partial charge in [0, 0.05) is 12.6 Å². The van der Waals surface area contributed by atoms with E-state index in [1.165, 1.54) is 0 Å². The second kappa shape index (κ2) is 8.51. The molecule has 5 heteroatoms. The largest absolute Gasteiger partial charge is 0.310 e. The van der Waals surface area contributed by atoms with Crippen LogP contribution < -0.4 is 10.0 Å². The molecule has 120 valence electrons. The van der Waals surface area contributed by atoms with Crippen LogP contribution in [-0.2, 0) is 10.0 Å². The molecule has 0 aliphatic heterocycles. The van der Waals surface area contributed by atoms with E-state index < -0.39 is 10.0 Å². The Labute approximate surface area is 129 Å². The van der Waals surface area contributed by atoms with Crippen LogP contribution in [0.15, 0.2) is 29.2 Å². The molecular formula is C16H28N2O2S. The second-order valence-electron chi connectivity index (χ2n) is 5.79. The molecule has 0 spiro atoms. The van der Waals surface area contributed by atoms with E-state index in [1.807, 2.05) is 19.9 Å². The highest BCUT2D eigenvalue weighted by Gasteiger charge is 2.15. The maximum atomic E-state index is 12.3. The number of hydrogen-bond acceptors (Lipinski definition) is 3. The minimum atomic E-state index is -3.41. The number of nitrogens with one attached hydrogen (secondary N) is 2. The Morgan fingerprint density at radius 3 is 2.52 bits per heavy atom.